The van der Waals surface area contributed by atoms with Gasteiger partial charge in [-0.2, -0.15) is 5.26 Å². The molecule has 0 aromatic carbocycles. The van der Waals surface area contributed by atoms with E-state index in [2.05, 4.69) is 4.72 Å². The molecule has 0 aliphatic rings. The van der Waals surface area contributed by atoms with Crippen LogP contribution in [0.1, 0.15) is 6.42 Å². The topological polar surface area (TPSA) is 110 Å². The van der Waals surface area contributed by atoms with Crippen LogP contribution in [0.2, 0.25) is 0 Å². The van der Waals surface area contributed by atoms with Crippen LogP contribution in [0.15, 0.2) is 0 Å². The summed E-state index contributed by atoms with van der Waals surface area (Å²) in [4.78, 5) is 20.4. The highest BCUT2D eigenvalue weighted by Gasteiger charge is 2.20. The first-order valence-corrected chi connectivity index (χ1v) is 3.64. The number of aliphatic carboxylic acids is 2. The van der Waals surface area contributed by atoms with E-state index in [-0.39, 0.29) is 0 Å². The molecule has 0 radical (unpaired) electrons. The lowest BCUT2D eigenvalue weighted by Gasteiger charge is -2.06. The molecule has 0 unspecified atom stereocenters. The van der Waals surface area contributed by atoms with Crippen molar-refractivity contribution in [1.29, 1.82) is 5.26 Å². The fourth-order valence-electron chi connectivity index (χ4n) is 0.451. The molecule has 66 valence electrons. The molecule has 0 aliphatic heterocycles. The van der Waals surface area contributed by atoms with Gasteiger partial charge in [0, 0.05) is 11.9 Å². The van der Waals surface area contributed by atoms with Gasteiger partial charge >= 0.3 is 11.9 Å². The summed E-state index contributed by atoms with van der Waals surface area (Å²) in [7, 11) is 0. The Labute approximate surface area is 72.3 Å². The average molecular weight is 190 g/mol. The first kappa shape index (κ1) is 10.7. The summed E-state index contributed by atoms with van der Waals surface area (Å²) < 4.78 is 2.18. The molecule has 0 spiro atoms. The second-order valence-corrected chi connectivity index (χ2v) is 2.42. The molecule has 0 saturated carbocycles. The van der Waals surface area contributed by atoms with Crippen molar-refractivity contribution >= 4 is 23.9 Å². The predicted molar refractivity (Wildman–Crippen MR) is 40.0 cm³/mol. The quantitative estimate of drug-likeness (QED) is 0.400. The van der Waals surface area contributed by atoms with Crippen molar-refractivity contribution in [2.75, 3.05) is 0 Å². The van der Waals surface area contributed by atoms with E-state index in [0.717, 1.165) is 0 Å². The van der Waals surface area contributed by atoms with Gasteiger partial charge in [-0.15, -0.1) is 0 Å². The van der Waals surface area contributed by atoms with Gasteiger partial charge in [0.1, 0.15) is 11.4 Å². The summed E-state index contributed by atoms with van der Waals surface area (Å²) >= 11 is 0.498. The Morgan fingerprint density at radius 3 is 2.50 bits per heavy atom. The molecule has 0 amide bonds. The third-order valence-corrected chi connectivity index (χ3v) is 1.42. The Hall–Kier alpha value is -1.26. The van der Waals surface area contributed by atoms with Gasteiger partial charge in [0.2, 0.25) is 0 Å². The normalized spacial score (nSPS) is 11.6. The molecular weight excluding hydrogens is 184 g/mol. The Balaban J connectivity index is 3.97. The summed E-state index contributed by atoms with van der Waals surface area (Å²) in [6.07, 6.45) is -0.552. The Morgan fingerprint density at radius 2 is 2.17 bits per heavy atom. The number of nitriles is 1. The van der Waals surface area contributed by atoms with Gasteiger partial charge in [-0.3, -0.25) is 9.59 Å². The van der Waals surface area contributed by atoms with E-state index >= 15 is 0 Å². The monoisotopic (exact) mass is 190 g/mol. The number of rotatable bonds is 5. The van der Waals surface area contributed by atoms with Crippen molar-refractivity contribution in [1.82, 2.24) is 4.72 Å². The van der Waals surface area contributed by atoms with Crippen LogP contribution in [0, 0.1) is 10.7 Å². The molecule has 3 N–H and O–H groups in total. The maximum atomic E-state index is 10.3. The molecule has 7 heteroatoms. The Kier molecular flexibility index (Phi) is 4.83. The molecule has 0 aliphatic carbocycles. The number of nitrogens with zero attached hydrogens (tertiary/aromatic N) is 1. The summed E-state index contributed by atoms with van der Waals surface area (Å²) in [5.41, 5.74) is 0. The van der Waals surface area contributed by atoms with E-state index in [1.165, 1.54) is 0 Å². The van der Waals surface area contributed by atoms with E-state index in [1.54, 1.807) is 5.40 Å². The van der Waals surface area contributed by atoms with Gasteiger partial charge in [-0.1, -0.05) is 0 Å². The number of carbonyl (C=O) groups is 2. The zero-order valence-corrected chi connectivity index (χ0v) is 6.67. The van der Waals surface area contributed by atoms with Crippen LogP contribution in [0.5, 0.6) is 0 Å². The van der Waals surface area contributed by atoms with E-state index in [4.69, 9.17) is 15.5 Å². The maximum absolute atomic E-state index is 10.3. The summed E-state index contributed by atoms with van der Waals surface area (Å²) in [5, 5.41) is 26.3. The van der Waals surface area contributed by atoms with Crippen LogP contribution in [0.3, 0.4) is 0 Å². The lowest BCUT2D eigenvalue weighted by molar-refractivity contribution is -0.145. The van der Waals surface area contributed by atoms with E-state index in [0.29, 0.717) is 11.9 Å². The molecule has 0 rings (SSSR count). The van der Waals surface area contributed by atoms with E-state index in [9.17, 15) is 9.59 Å². The molecule has 0 aromatic heterocycles. The molecule has 0 aromatic rings. The number of thiocyanates is 1. The number of carboxylic acid groups (broad SMARTS) is 2. The first-order chi connectivity index (χ1) is 5.57. The third-order valence-electron chi connectivity index (χ3n) is 0.924. The van der Waals surface area contributed by atoms with Crippen LogP contribution in [-0.2, 0) is 9.59 Å². The van der Waals surface area contributed by atoms with Gasteiger partial charge < -0.3 is 10.2 Å². The van der Waals surface area contributed by atoms with Crippen LogP contribution in [0.25, 0.3) is 0 Å². The largest absolute Gasteiger partial charge is 0.481 e. The van der Waals surface area contributed by atoms with Crippen molar-refractivity contribution in [2.24, 2.45) is 0 Å². The number of carboxylic acids is 2. The fourth-order valence-corrected chi connectivity index (χ4v) is 0.831. The SMILES string of the molecule is N#CSN[C@@H](CC(=O)O)C(=O)O. The van der Waals surface area contributed by atoms with Gasteiger partial charge in [0.15, 0.2) is 0 Å². The van der Waals surface area contributed by atoms with Crippen LogP contribution in [0.4, 0.5) is 0 Å². The predicted octanol–water partition coefficient (Wildman–Crippen LogP) is -0.367. The number of nitrogens with one attached hydrogen (secondary N) is 1. The lowest BCUT2D eigenvalue weighted by Crippen LogP contribution is -2.34. The van der Waals surface area contributed by atoms with Crippen LogP contribution < -0.4 is 4.72 Å². The number of hydrogen-bond donors (Lipinski definition) is 3. The zero-order chi connectivity index (χ0) is 9.56. The molecule has 12 heavy (non-hydrogen) atoms. The molecule has 0 bridgehead atoms. The molecule has 6 nitrogen and oxygen atoms in total. The zero-order valence-electron chi connectivity index (χ0n) is 5.85. The van der Waals surface area contributed by atoms with Crippen molar-refractivity contribution in [3.63, 3.8) is 0 Å². The highest BCUT2D eigenvalue weighted by molar-refractivity contribution is 8.01. The lowest BCUT2D eigenvalue weighted by atomic mass is 10.2. The first-order valence-electron chi connectivity index (χ1n) is 2.83. The van der Waals surface area contributed by atoms with Gasteiger partial charge in [0.05, 0.1) is 6.42 Å². The molecule has 0 fully saturated rings. The minimum atomic E-state index is -1.29. The highest BCUT2D eigenvalue weighted by Crippen LogP contribution is 1.98. The molecular formula is C5H6N2O4S. The molecule has 0 heterocycles. The second kappa shape index (κ2) is 5.40. The van der Waals surface area contributed by atoms with Gasteiger partial charge in [-0.25, -0.2) is 4.72 Å². The van der Waals surface area contributed by atoms with E-state index < -0.39 is 24.4 Å². The molecule has 0 saturated heterocycles. The summed E-state index contributed by atoms with van der Waals surface area (Å²) in [6.45, 7) is 0. The van der Waals surface area contributed by atoms with Crippen molar-refractivity contribution in [2.45, 2.75) is 12.5 Å². The summed E-state index contributed by atoms with van der Waals surface area (Å²) in [6, 6.07) is -1.23. The average Bonchev–Trinajstić information content (AvgIpc) is 1.96. The smallest absolute Gasteiger partial charge is 0.322 e. The van der Waals surface area contributed by atoms with Crippen LogP contribution in [-0.4, -0.2) is 28.2 Å². The van der Waals surface area contributed by atoms with Crippen LogP contribution >= 0.6 is 11.9 Å². The van der Waals surface area contributed by atoms with Crippen molar-refractivity contribution in [3.05, 3.63) is 0 Å². The number of hydrogen-bond acceptors (Lipinski definition) is 5. The van der Waals surface area contributed by atoms with Gasteiger partial charge in [0.25, 0.3) is 0 Å². The minimum absolute atomic E-state index is 0.498. The fraction of sp³-hybridized carbons (Fsp3) is 0.400. The van der Waals surface area contributed by atoms with Gasteiger partial charge in [-0.05, 0) is 0 Å². The van der Waals surface area contributed by atoms with E-state index in [1.807, 2.05) is 0 Å². The third kappa shape index (κ3) is 4.54. The Bertz CT molecular complexity index is 224. The standard InChI is InChI=1S/C5H6N2O4S/c6-2-12-7-3(5(10)11)1-4(8)9/h3,7H,1H2,(H,8,9)(H,10,11)/t3-/m0/s1. The molecule has 1 atom stereocenters. The Morgan fingerprint density at radius 1 is 1.58 bits per heavy atom. The summed E-state index contributed by atoms with van der Waals surface area (Å²) in [5.74, 6) is -2.52. The second-order valence-electron chi connectivity index (χ2n) is 1.80. The maximum Gasteiger partial charge on any atom is 0.322 e. The van der Waals surface area contributed by atoms with Crippen molar-refractivity contribution < 1.29 is 19.8 Å². The van der Waals surface area contributed by atoms with Crippen molar-refractivity contribution in [3.8, 4) is 5.40 Å². The highest BCUT2D eigenvalue weighted by atomic mass is 32.2. The minimum Gasteiger partial charge on any atom is -0.481 e.